The van der Waals surface area contributed by atoms with Gasteiger partial charge in [0.1, 0.15) is 5.78 Å². The van der Waals surface area contributed by atoms with Gasteiger partial charge in [-0.2, -0.15) is 0 Å². The van der Waals surface area contributed by atoms with Crippen LogP contribution in [0.4, 0.5) is 0 Å². The molecule has 0 aromatic rings. The summed E-state index contributed by atoms with van der Waals surface area (Å²) in [6.07, 6.45) is 4.31. The number of rotatable bonds is 6. The fourth-order valence-corrected chi connectivity index (χ4v) is 2.35. The summed E-state index contributed by atoms with van der Waals surface area (Å²) in [5, 5.41) is 2.72. The Morgan fingerprint density at radius 2 is 2.18 bits per heavy atom. The van der Waals surface area contributed by atoms with Crippen LogP contribution >= 0.6 is 0 Å². The molecule has 1 amide bonds. The van der Waals surface area contributed by atoms with Gasteiger partial charge in [0.15, 0.2) is 0 Å². The summed E-state index contributed by atoms with van der Waals surface area (Å²) in [6.45, 7) is 4.76. The number of amides is 1. The lowest BCUT2D eigenvalue weighted by Gasteiger charge is -2.31. The summed E-state index contributed by atoms with van der Waals surface area (Å²) < 4.78 is 0. The van der Waals surface area contributed by atoms with E-state index in [1.54, 1.807) is 7.05 Å². The average Bonchev–Trinajstić information content (AvgIpc) is 2.38. The van der Waals surface area contributed by atoms with E-state index in [2.05, 4.69) is 10.2 Å². The van der Waals surface area contributed by atoms with E-state index in [1.807, 2.05) is 6.92 Å². The fourth-order valence-electron chi connectivity index (χ4n) is 2.35. The average molecular weight is 240 g/mol. The molecule has 0 radical (unpaired) electrons. The molecule has 0 saturated carbocycles. The first-order valence-electron chi connectivity index (χ1n) is 6.63. The molecule has 1 rings (SSSR count). The number of ketones is 1. The molecule has 1 heterocycles. The second-order valence-electron chi connectivity index (χ2n) is 4.75. The third kappa shape index (κ3) is 4.86. The minimum absolute atomic E-state index is 0.135. The molecule has 1 N–H and O–H groups in total. The molecule has 17 heavy (non-hydrogen) atoms. The Bertz CT molecular complexity index is 266. The highest BCUT2D eigenvalue weighted by Crippen LogP contribution is 2.16. The van der Waals surface area contributed by atoms with Crippen molar-refractivity contribution in [3.63, 3.8) is 0 Å². The Hall–Kier alpha value is -0.900. The second-order valence-corrected chi connectivity index (χ2v) is 4.75. The Kier molecular flexibility index (Phi) is 6.19. The van der Waals surface area contributed by atoms with Crippen molar-refractivity contribution in [1.29, 1.82) is 0 Å². The molecular weight excluding hydrogens is 216 g/mol. The smallest absolute Gasteiger partial charge is 0.224 e. The molecular formula is C13H24N2O2. The minimum Gasteiger partial charge on any atom is -0.359 e. The minimum atomic E-state index is 0.135. The van der Waals surface area contributed by atoms with Crippen LogP contribution in [-0.4, -0.2) is 43.3 Å². The van der Waals surface area contributed by atoms with Gasteiger partial charge < -0.3 is 10.2 Å². The Morgan fingerprint density at radius 1 is 1.41 bits per heavy atom. The molecule has 0 bridgehead atoms. The maximum atomic E-state index is 11.5. The highest BCUT2D eigenvalue weighted by molar-refractivity contribution is 5.78. The Balaban J connectivity index is 2.25. The van der Waals surface area contributed by atoms with Gasteiger partial charge in [-0.15, -0.1) is 0 Å². The molecule has 0 aliphatic carbocycles. The van der Waals surface area contributed by atoms with Gasteiger partial charge >= 0.3 is 0 Å². The summed E-state index contributed by atoms with van der Waals surface area (Å²) in [7, 11) is 1.70. The van der Waals surface area contributed by atoms with Gasteiger partial charge in [-0.25, -0.2) is 0 Å². The number of piperidine rings is 1. The van der Waals surface area contributed by atoms with Crippen molar-refractivity contribution in [1.82, 2.24) is 10.2 Å². The second kappa shape index (κ2) is 7.43. The van der Waals surface area contributed by atoms with Gasteiger partial charge in [0.05, 0.1) is 5.92 Å². The lowest BCUT2D eigenvalue weighted by Crippen LogP contribution is -2.42. The van der Waals surface area contributed by atoms with Crippen molar-refractivity contribution >= 4 is 11.7 Å². The largest absolute Gasteiger partial charge is 0.359 e. The highest BCUT2D eigenvalue weighted by atomic mass is 16.1. The van der Waals surface area contributed by atoms with Gasteiger partial charge in [-0.3, -0.25) is 9.59 Å². The van der Waals surface area contributed by atoms with E-state index in [0.29, 0.717) is 18.6 Å². The Labute approximate surface area is 104 Å². The maximum absolute atomic E-state index is 11.5. The monoisotopic (exact) mass is 240 g/mol. The van der Waals surface area contributed by atoms with E-state index in [1.165, 1.54) is 0 Å². The highest BCUT2D eigenvalue weighted by Gasteiger charge is 2.24. The van der Waals surface area contributed by atoms with Gasteiger partial charge in [-0.05, 0) is 32.4 Å². The zero-order chi connectivity index (χ0) is 12.7. The molecule has 0 aromatic carbocycles. The van der Waals surface area contributed by atoms with Crippen LogP contribution in [0.1, 0.15) is 39.0 Å². The van der Waals surface area contributed by atoms with Crippen molar-refractivity contribution < 1.29 is 9.59 Å². The maximum Gasteiger partial charge on any atom is 0.224 e. The van der Waals surface area contributed by atoms with Crippen molar-refractivity contribution in [2.24, 2.45) is 5.92 Å². The normalized spacial score (nSPS) is 21.2. The molecule has 1 atom stereocenters. The van der Waals surface area contributed by atoms with Crippen LogP contribution < -0.4 is 5.32 Å². The van der Waals surface area contributed by atoms with E-state index in [-0.39, 0.29) is 11.8 Å². The first-order valence-corrected chi connectivity index (χ1v) is 6.63. The van der Waals surface area contributed by atoms with Crippen molar-refractivity contribution in [3.8, 4) is 0 Å². The van der Waals surface area contributed by atoms with Crippen LogP contribution in [0.5, 0.6) is 0 Å². The number of carbonyl (C=O) groups excluding carboxylic acids is 2. The molecule has 1 aliphatic heterocycles. The van der Waals surface area contributed by atoms with Crippen LogP contribution in [0.3, 0.4) is 0 Å². The van der Waals surface area contributed by atoms with Gasteiger partial charge in [0, 0.05) is 26.4 Å². The number of hydrogen-bond donors (Lipinski definition) is 1. The predicted molar refractivity (Wildman–Crippen MR) is 67.8 cm³/mol. The molecule has 98 valence electrons. The summed E-state index contributed by atoms with van der Waals surface area (Å²) in [5.41, 5.74) is 0. The third-order valence-electron chi connectivity index (χ3n) is 3.45. The summed E-state index contributed by atoms with van der Waals surface area (Å²) in [4.78, 5) is 25.1. The molecule has 1 fully saturated rings. The molecule has 4 nitrogen and oxygen atoms in total. The quantitative estimate of drug-likeness (QED) is 0.759. The number of Topliss-reactive ketones (excluding diaryl/α,β-unsaturated/α-hetero) is 1. The number of carbonyl (C=O) groups is 2. The van der Waals surface area contributed by atoms with Crippen LogP contribution in [0, 0.1) is 5.92 Å². The topological polar surface area (TPSA) is 49.4 Å². The van der Waals surface area contributed by atoms with Crippen LogP contribution in [0.2, 0.25) is 0 Å². The Morgan fingerprint density at radius 3 is 2.82 bits per heavy atom. The lowest BCUT2D eigenvalue weighted by atomic mass is 9.97. The standard InChI is InChI=1S/C13H24N2O2/c1-3-12(16)7-5-9-15-8-4-6-11(10-15)13(17)14-2/h11H,3-10H2,1-2H3,(H,14,17). The van der Waals surface area contributed by atoms with Gasteiger partial charge in [0.2, 0.25) is 5.91 Å². The molecule has 1 aliphatic rings. The van der Waals surface area contributed by atoms with Gasteiger partial charge in [-0.1, -0.05) is 6.92 Å². The molecule has 4 heteroatoms. The molecule has 0 spiro atoms. The first kappa shape index (κ1) is 14.2. The van der Waals surface area contributed by atoms with Crippen LogP contribution in [0.15, 0.2) is 0 Å². The lowest BCUT2D eigenvalue weighted by molar-refractivity contribution is -0.126. The first-order chi connectivity index (χ1) is 8.17. The number of nitrogens with one attached hydrogen (secondary N) is 1. The SMILES string of the molecule is CCC(=O)CCCN1CCCC(C(=O)NC)C1. The third-order valence-corrected chi connectivity index (χ3v) is 3.45. The van der Waals surface area contributed by atoms with Crippen molar-refractivity contribution in [2.45, 2.75) is 39.0 Å². The number of nitrogens with zero attached hydrogens (tertiary/aromatic N) is 1. The van der Waals surface area contributed by atoms with Gasteiger partial charge in [0.25, 0.3) is 0 Å². The van der Waals surface area contributed by atoms with E-state index in [0.717, 1.165) is 38.9 Å². The van der Waals surface area contributed by atoms with Crippen LogP contribution in [0.25, 0.3) is 0 Å². The summed E-state index contributed by atoms with van der Waals surface area (Å²) >= 11 is 0. The van der Waals surface area contributed by atoms with E-state index >= 15 is 0 Å². The molecule has 0 aromatic heterocycles. The molecule has 1 unspecified atom stereocenters. The van der Waals surface area contributed by atoms with E-state index in [4.69, 9.17) is 0 Å². The van der Waals surface area contributed by atoms with Crippen molar-refractivity contribution in [2.75, 3.05) is 26.7 Å². The van der Waals surface area contributed by atoms with E-state index < -0.39 is 0 Å². The zero-order valence-corrected chi connectivity index (χ0v) is 11.0. The zero-order valence-electron chi connectivity index (χ0n) is 11.0. The molecule has 1 saturated heterocycles. The van der Waals surface area contributed by atoms with Crippen molar-refractivity contribution in [3.05, 3.63) is 0 Å². The van der Waals surface area contributed by atoms with Crippen LogP contribution in [-0.2, 0) is 9.59 Å². The van der Waals surface area contributed by atoms with E-state index in [9.17, 15) is 9.59 Å². The number of likely N-dealkylation sites (tertiary alicyclic amines) is 1. The fraction of sp³-hybridized carbons (Fsp3) is 0.846. The summed E-state index contributed by atoms with van der Waals surface area (Å²) in [6, 6.07) is 0. The predicted octanol–water partition coefficient (Wildman–Crippen LogP) is 1.20. The number of hydrogen-bond acceptors (Lipinski definition) is 3. The summed E-state index contributed by atoms with van der Waals surface area (Å²) in [5.74, 6) is 0.625.